The maximum atomic E-state index is 13.6. The molecule has 0 unspecified atom stereocenters. The number of nitrogens with zero attached hydrogens (tertiary/aromatic N) is 1. The lowest BCUT2D eigenvalue weighted by Gasteiger charge is -2.32. The van der Waals surface area contributed by atoms with Crippen LogP contribution in [0.25, 0.3) is 10.9 Å². The topological polar surface area (TPSA) is 95.9 Å². The first kappa shape index (κ1) is 29.9. The number of aromatic nitrogens is 1. The van der Waals surface area contributed by atoms with E-state index in [1.165, 1.54) is 10.6 Å². The number of ether oxygens (including phenoxy) is 3. The number of benzene rings is 3. The van der Waals surface area contributed by atoms with Crippen molar-refractivity contribution in [2.45, 2.75) is 38.5 Å². The Morgan fingerprint density at radius 3 is 2.07 bits per heavy atom. The number of esters is 1. The number of fused-ring (bicyclic) bond motifs is 1. The fraction of sp³-hybridized carbons (Fsp3) is 0.206. The van der Waals surface area contributed by atoms with Crippen LogP contribution < -0.4 is 5.32 Å². The minimum absolute atomic E-state index is 0.00421. The molecule has 0 bridgehead atoms. The number of rotatable bonds is 12. The molecule has 216 valence electrons. The summed E-state index contributed by atoms with van der Waals surface area (Å²) in [6, 6.07) is 25.9. The maximum absolute atomic E-state index is 13.6. The van der Waals surface area contributed by atoms with E-state index in [1.54, 1.807) is 19.2 Å². The highest BCUT2D eigenvalue weighted by atomic mass is 16.6. The fourth-order valence-electron chi connectivity index (χ4n) is 4.74. The maximum Gasteiger partial charge on any atom is 0.418 e. The summed E-state index contributed by atoms with van der Waals surface area (Å²) in [5.41, 5.74) is 1.94. The third-order valence-electron chi connectivity index (χ3n) is 6.57. The Morgan fingerprint density at radius 2 is 1.45 bits per heavy atom. The minimum atomic E-state index is -1.58. The molecule has 0 radical (unpaired) electrons. The van der Waals surface area contributed by atoms with E-state index in [0.29, 0.717) is 16.7 Å². The monoisotopic (exact) mass is 566 g/mol. The van der Waals surface area contributed by atoms with Crippen LogP contribution in [0.5, 0.6) is 0 Å². The van der Waals surface area contributed by atoms with Crippen molar-refractivity contribution in [2.24, 2.45) is 0 Å². The first-order valence-electron chi connectivity index (χ1n) is 13.5. The zero-order chi connectivity index (χ0) is 30.0. The van der Waals surface area contributed by atoms with Gasteiger partial charge in [-0.15, -0.1) is 6.58 Å². The van der Waals surface area contributed by atoms with Crippen molar-refractivity contribution in [1.29, 1.82) is 0 Å². The number of carbonyl (C=O) groups is 3. The molecule has 42 heavy (non-hydrogen) atoms. The van der Waals surface area contributed by atoms with Gasteiger partial charge < -0.3 is 19.5 Å². The molecule has 0 spiro atoms. The van der Waals surface area contributed by atoms with Crippen LogP contribution in [-0.4, -0.2) is 34.9 Å². The van der Waals surface area contributed by atoms with E-state index < -0.39 is 23.7 Å². The SMILES string of the molecule is C=CCOC(=O)[C@@](CC(=C)C)(Cc1cn(C(=O)OCc2ccccc2)c2ccccc12)NC(=O)OCc1ccccc1. The van der Waals surface area contributed by atoms with E-state index in [9.17, 15) is 14.4 Å². The number of nitrogens with one attached hydrogen (secondary N) is 1. The molecule has 0 saturated carbocycles. The molecular weight excluding hydrogens is 532 g/mol. The molecule has 1 aromatic heterocycles. The summed E-state index contributed by atoms with van der Waals surface area (Å²) in [6.07, 6.45) is 1.78. The summed E-state index contributed by atoms with van der Waals surface area (Å²) in [6.45, 7) is 9.45. The third kappa shape index (κ3) is 7.54. The predicted octanol–water partition coefficient (Wildman–Crippen LogP) is 6.73. The van der Waals surface area contributed by atoms with Gasteiger partial charge in [-0.05, 0) is 29.7 Å². The molecule has 1 heterocycles. The van der Waals surface area contributed by atoms with Crippen molar-refractivity contribution in [3.63, 3.8) is 0 Å². The van der Waals surface area contributed by atoms with Gasteiger partial charge in [0.15, 0.2) is 0 Å². The first-order valence-corrected chi connectivity index (χ1v) is 13.5. The van der Waals surface area contributed by atoms with Crippen LogP contribution in [0.3, 0.4) is 0 Å². The number of hydrogen-bond donors (Lipinski definition) is 1. The molecule has 0 aliphatic heterocycles. The summed E-state index contributed by atoms with van der Waals surface area (Å²) in [5, 5.41) is 3.50. The molecule has 1 atom stereocenters. The van der Waals surface area contributed by atoms with Crippen LogP contribution in [0.1, 0.15) is 30.0 Å². The molecule has 8 heteroatoms. The van der Waals surface area contributed by atoms with Crippen LogP contribution in [0.4, 0.5) is 9.59 Å². The van der Waals surface area contributed by atoms with Crippen LogP contribution in [0.15, 0.2) is 116 Å². The smallest absolute Gasteiger partial charge is 0.418 e. The van der Waals surface area contributed by atoms with Gasteiger partial charge in [0.05, 0.1) is 5.52 Å². The van der Waals surface area contributed by atoms with E-state index >= 15 is 0 Å². The van der Waals surface area contributed by atoms with Crippen molar-refractivity contribution in [3.8, 4) is 0 Å². The zero-order valence-electron chi connectivity index (χ0n) is 23.6. The van der Waals surface area contributed by atoms with E-state index in [-0.39, 0.29) is 32.7 Å². The van der Waals surface area contributed by atoms with Crippen LogP contribution >= 0.6 is 0 Å². The predicted molar refractivity (Wildman–Crippen MR) is 161 cm³/mol. The van der Waals surface area contributed by atoms with Gasteiger partial charge in [0.2, 0.25) is 0 Å². The van der Waals surface area contributed by atoms with Gasteiger partial charge in [0.1, 0.15) is 25.4 Å². The Hall–Kier alpha value is -5.11. The van der Waals surface area contributed by atoms with E-state index in [0.717, 1.165) is 16.5 Å². The highest BCUT2D eigenvalue weighted by Crippen LogP contribution is 2.30. The summed E-state index contributed by atoms with van der Waals surface area (Å²) < 4.78 is 17.9. The summed E-state index contributed by atoms with van der Waals surface area (Å²) in [5.74, 6) is -0.675. The van der Waals surface area contributed by atoms with Crippen molar-refractivity contribution < 1.29 is 28.6 Å². The van der Waals surface area contributed by atoms with E-state index in [1.807, 2.05) is 78.9 Å². The Bertz CT molecular complexity index is 1560. The number of amides is 1. The Morgan fingerprint density at radius 1 is 0.857 bits per heavy atom. The van der Waals surface area contributed by atoms with Crippen molar-refractivity contribution in [2.75, 3.05) is 6.61 Å². The largest absolute Gasteiger partial charge is 0.460 e. The molecule has 1 amide bonds. The van der Waals surface area contributed by atoms with Gasteiger partial charge in [0, 0.05) is 24.4 Å². The van der Waals surface area contributed by atoms with Crippen LogP contribution in [0, 0.1) is 0 Å². The average Bonchev–Trinajstić information content (AvgIpc) is 3.36. The number of alkyl carbamates (subject to hydrolysis) is 1. The lowest BCUT2D eigenvalue weighted by Crippen LogP contribution is -2.57. The van der Waals surface area contributed by atoms with Gasteiger partial charge in [-0.3, -0.25) is 4.57 Å². The molecule has 4 rings (SSSR count). The lowest BCUT2D eigenvalue weighted by atomic mass is 9.85. The Balaban J connectivity index is 1.66. The number of hydrogen-bond acceptors (Lipinski definition) is 6. The van der Waals surface area contributed by atoms with Gasteiger partial charge >= 0.3 is 18.2 Å². The zero-order valence-corrected chi connectivity index (χ0v) is 23.6. The Kier molecular flexibility index (Phi) is 9.94. The van der Waals surface area contributed by atoms with Gasteiger partial charge in [-0.2, -0.15) is 0 Å². The lowest BCUT2D eigenvalue weighted by molar-refractivity contribution is -0.150. The molecule has 0 aliphatic rings. The van der Waals surface area contributed by atoms with E-state index in [4.69, 9.17) is 14.2 Å². The van der Waals surface area contributed by atoms with E-state index in [2.05, 4.69) is 18.5 Å². The van der Waals surface area contributed by atoms with Crippen LogP contribution in [0.2, 0.25) is 0 Å². The average molecular weight is 567 g/mol. The normalized spacial score (nSPS) is 12.1. The second-order valence-electron chi connectivity index (χ2n) is 10.0. The third-order valence-corrected chi connectivity index (χ3v) is 6.57. The summed E-state index contributed by atoms with van der Waals surface area (Å²) in [7, 11) is 0. The van der Waals surface area contributed by atoms with Crippen molar-refractivity contribution in [1.82, 2.24) is 9.88 Å². The first-order chi connectivity index (χ1) is 20.3. The number of para-hydroxylation sites is 1. The highest BCUT2D eigenvalue weighted by molar-refractivity contribution is 5.93. The summed E-state index contributed by atoms with van der Waals surface area (Å²) in [4.78, 5) is 39.9. The highest BCUT2D eigenvalue weighted by Gasteiger charge is 2.43. The molecule has 0 saturated heterocycles. The Labute approximate surface area is 245 Å². The molecule has 8 nitrogen and oxygen atoms in total. The molecule has 3 aromatic carbocycles. The standard InChI is InChI=1S/C34H34N2O6/c1-4-19-40-31(37)34(20-25(2)3,35-32(38)41-23-26-13-7-5-8-14-26)21-28-22-36(30-18-12-11-17-29(28)30)33(39)42-24-27-15-9-6-10-16-27/h4-18,22H,1-2,19-21,23-24H2,3H3,(H,35,38)/t34-/m1/s1. The van der Waals surface area contributed by atoms with Crippen molar-refractivity contribution >= 4 is 29.1 Å². The second kappa shape index (κ2) is 14.0. The summed E-state index contributed by atoms with van der Waals surface area (Å²) >= 11 is 0. The van der Waals surface area contributed by atoms with Gasteiger partial charge in [0.25, 0.3) is 0 Å². The molecule has 1 N–H and O–H groups in total. The second-order valence-corrected chi connectivity index (χ2v) is 10.0. The molecule has 0 aliphatic carbocycles. The van der Waals surface area contributed by atoms with Crippen molar-refractivity contribution in [3.05, 3.63) is 133 Å². The fourth-order valence-corrected chi connectivity index (χ4v) is 4.74. The molecule has 4 aromatic rings. The van der Waals surface area contributed by atoms with Gasteiger partial charge in [-0.25, -0.2) is 14.4 Å². The van der Waals surface area contributed by atoms with Crippen LogP contribution in [-0.2, 0) is 38.6 Å². The molecule has 0 fully saturated rings. The quantitative estimate of drug-likeness (QED) is 0.116. The molecular formula is C34H34N2O6. The number of carbonyl (C=O) groups excluding carboxylic acids is 3. The minimum Gasteiger partial charge on any atom is -0.460 e. The van der Waals surface area contributed by atoms with Gasteiger partial charge in [-0.1, -0.05) is 97.1 Å².